The minimum Gasteiger partial charge on any atom is -0.462 e. The minimum absolute atomic E-state index is 0.00569. The quantitative estimate of drug-likeness (QED) is 0.486. The van der Waals surface area contributed by atoms with Crippen molar-refractivity contribution in [2.45, 2.75) is 32.3 Å². The van der Waals surface area contributed by atoms with Gasteiger partial charge in [0, 0.05) is 19.4 Å². The third-order valence-corrected chi connectivity index (χ3v) is 3.67. The van der Waals surface area contributed by atoms with E-state index >= 15 is 0 Å². The number of halogens is 1. The molecule has 0 aliphatic carbocycles. The van der Waals surface area contributed by atoms with Gasteiger partial charge in [-0.15, -0.1) is 0 Å². The molecule has 2 atom stereocenters. The molecular weight excluding hydrogens is 289 g/mol. The molecule has 1 aromatic rings. The van der Waals surface area contributed by atoms with Gasteiger partial charge in [-0.2, -0.15) is 0 Å². The first-order valence-corrected chi connectivity index (χ1v) is 7.07. The van der Waals surface area contributed by atoms with E-state index in [9.17, 15) is 18.8 Å². The summed E-state index contributed by atoms with van der Waals surface area (Å²) in [5.41, 5.74) is 0.571. The second-order valence-corrected chi connectivity index (χ2v) is 5.62. The van der Waals surface area contributed by atoms with Gasteiger partial charge in [-0.1, -0.05) is 12.1 Å². The Labute approximate surface area is 128 Å². The Bertz CT molecular complexity index is 597. The largest absolute Gasteiger partial charge is 0.462 e. The first-order chi connectivity index (χ1) is 10.3. The zero-order valence-electron chi connectivity index (χ0n) is 12.7. The molecule has 1 fully saturated rings. The number of imide groups is 1. The zero-order chi connectivity index (χ0) is 16.4. The molecule has 2 amide bonds. The van der Waals surface area contributed by atoms with Crippen LogP contribution >= 0.6 is 0 Å². The van der Waals surface area contributed by atoms with Gasteiger partial charge in [0.25, 0.3) is 0 Å². The number of piperidine rings is 1. The van der Waals surface area contributed by atoms with E-state index in [4.69, 9.17) is 4.74 Å². The van der Waals surface area contributed by atoms with Crippen LogP contribution in [0.4, 0.5) is 4.39 Å². The summed E-state index contributed by atoms with van der Waals surface area (Å²) in [6.07, 6.45) is -0.358. The van der Waals surface area contributed by atoms with Crippen LogP contribution in [-0.4, -0.2) is 35.8 Å². The fourth-order valence-electron chi connectivity index (χ4n) is 2.54. The predicted molar refractivity (Wildman–Crippen MR) is 76.3 cm³/mol. The van der Waals surface area contributed by atoms with Crippen molar-refractivity contribution >= 4 is 17.8 Å². The average Bonchev–Trinajstić information content (AvgIpc) is 2.44. The minimum atomic E-state index is -1.09. The highest BCUT2D eigenvalue weighted by Crippen LogP contribution is 2.35. The molecule has 2 unspecified atom stereocenters. The van der Waals surface area contributed by atoms with E-state index in [1.165, 1.54) is 31.3 Å². The molecule has 1 aliphatic heterocycles. The molecule has 0 radical (unpaired) electrons. The van der Waals surface area contributed by atoms with Crippen LogP contribution in [0.5, 0.6) is 0 Å². The molecule has 118 valence electrons. The lowest BCUT2D eigenvalue weighted by molar-refractivity contribution is -0.164. The summed E-state index contributed by atoms with van der Waals surface area (Å²) in [7, 11) is 1.35. The molecule has 1 aliphatic rings. The number of nitrogens with zero attached hydrogens (tertiary/aromatic N) is 1. The molecule has 0 aromatic heterocycles. The highest BCUT2D eigenvalue weighted by Gasteiger charge is 2.45. The fourth-order valence-corrected chi connectivity index (χ4v) is 2.54. The maximum Gasteiger partial charge on any atom is 0.319 e. The Morgan fingerprint density at radius 1 is 1.27 bits per heavy atom. The Morgan fingerprint density at radius 3 is 2.41 bits per heavy atom. The molecule has 5 nitrogen and oxygen atoms in total. The number of likely N-dealkylation sites (tertiary alicyclic amines) is 1. The fraction of sp³-hybridized carbons (Fsp3) is 0.438. The highest BCUT2D eigenvalue weighted by molar-refractivity contribution is 6.08. The van der Waals surface area contributed by atoms with Crippen LogP contribution in [0.25, 0.3) is 0 Å². The van der Waals surface area contributed by atoms with Crippen molar-refractivity contribution in [3.05, 3.63) is 35.6 Å². The van der Waals surface area contributed by atoms with Crippen molar-refractivity contribution in [3.63, 3.8) is 0 Å². The number of carbonyl (C=O) groups is 3. The normalized spacial score (nSPS) is 22.1. The standard InChI is InChI=1S/C16H18FNO4/c1-9(2)22-16(21)14-12(8-13(19)18(3)15(14)20)10-4-6-11(17)7-5-10/h4-7,9,12,14H,8H2,1-3H3. The number of hydrogen-bond acceptors (Lipinski definition) is 4. The summed E-state index contributed by atoms with van der Waals surface area (Å²) in [6.45, 7) is 3.37. The van der Waals surface area contributed by atoms with Crippen LogP contribution in [-0.2, 0) is 19.1 Å². The van der Waals surface area contributed by atoms with Crippen LogP contribution in [0.2, 0.25) is 0 Å². The lowest BCUT2D eigenvalue weighted by Crippen LogP contribution is -2.49. The van der Waals surface area contributed by atoms with Gasteiger partial charge in [-0.05, 0) is 31.5 Å². The van der Waals surface area contributed by atoms with Gasteiger partial charge in [-0.25, -0.2) is 4.39 Å². The first kappa shape index (κ1) is 16.1. The van der Waals surface area contributed by atoms with Crippen LogP contribution in [0.15, 0.2) is 24.3 Å². The van der Waals surface area contributed by atoms with Gasteiger partial charge >= 0.3 is 5.97 Å². The smallest absolute Gasteiger partial charge is 0.319 e. The summed E-state index contributed by atoms with van der Waals surface area (Å²) in [6, 6.07) is 5.46. The highest BCUT2D eigenvalue weighted by atomic mass is 19.1. The van der Waals surface area contributed by atoms with E-state index in [2.05, 4.69) is 0 Å². The maximum atomic E-state index is 13.1. The second-order valence-electron chi connectivity index (χ2n) is 5.62. The molecule has 1 saturated heterocycles. The molecule has 6 heteroatoms. The van der Waals surface area contributed by atoms with Gasteiger partial charge in [0.2, 0.25) is 11.8 Å². The number of rotatable bonds is 3. The number of esters is 1. The molecule has 22 heavy (non-hydrogen) atoms. The zero-order valence-corrected chi connectivity index (χ0v) is 12.7. The van der Waals surface area contributed by atoms with E-state index < -0.39 is 29.5 Å². The molecular formula is C16H18FNO4. The number of ether oxygens (including phenoxy) is 1. The van der Waals surface area contributed by atoms with Gasteiger partial charge in [0.05, 0.1) is 6.10 Å². The Balaban J connectivity index is 2.38. The van der Waals surface area contributed by atoms with Crippen LogP contribution < -0.4 is 0 Å². The Kier molecular flexibility index (Phi) is 4.59. The molecule has 0 saturated carbocycles. The number of amides is 2. The van der Waals surface area contributed by atoms with Crippen molar-refractivity contribution in [1.29, 1.82) is 0 Å². The van der Waals surface area contributed by atoms with Gasteiger partial charge < -0.3 is 4.74 Å². The number of hydrogen-bond donors (Lipinski definition) is 0. The van der Waals surface area contributed by atoms with Crippen molar-refractivity contribution in [3.8, 4) is 0 Å². The van der Waals surface area contributed by atoms with E-state index in [0.29, 0.717) is 5.56 Å². The first-order valence-electron chi connectivity index (χ1n) is 7.07. The maximum absolute atomic E-state index is 13.1. The van der Waals surface area contributed by atoms with E-state index in [1.807, 2.05) is 0 Å². The lowest BCUT2D eigenvalue weighted by atomic mass is 9.79. The van der Waals surface area contributed by atoms with Crippen molar-refractivity contribution < 1.29 is 23.5 Å². The SMILES string of the molecule is CC(C)OC(=O)C1C(=O)N(C)C(=O)CC1c1ccc(F)cc1. The molecule has 0 N–H and O–H groups in total. The summed E-state index contributed by atoms with van der Waals surface area (Å²) in [4.78, 5) is 37.5. The van der Waals surface area contributed by atoms with E-state index in [0.717, 1.165) is 4.90 Å². The van der Waals surface area contributed by atoms with Gasteiger partial charge in [0.1, 0.15) is 11.7 Å². The van der Waals surface area contributed by atoms with Crippen molar-refractivity contribution in [1.82, 2.24) is 4.90 Å². The molecule has 1 aromatic carbocycles. The van der Waals surface area contributed by atoms with E-state index in [-0.39, 0.29) is 18.4 Å². The summed E-state index contributed by atoms with van der Waals surface area (Å²) in [5.74, 6) is -3.76. The van der Waals surface area contributed by atoms with Crippen LogP contribution in [0, 0.1) is 11.7 Å². The molecule has 0 spiro atoms. The van der Waals surface area contributed by atoms with Crippen molar-refractivity contribution in [2.75, 3.05) is 7.05 Å². The number of benzene rings is 1. The van der Waals surface area contributed by atoms with Crippen LogP contribution in [0.3, 0.4) is 0 Å². The molecule has 2 rings (SSSR count). The average molecular weight is 307 g/mol. The summed E-state index contributed by atoms with van der Waals surface area (Å²) >= 11 is 0. The third kappa shape index (κ3) is 3.16. The Morgan fingerprint density at radius 2 is 1.86 bits per heavy atom. The van der Waals surface area contributed by atoms with Crippen LogP contribution in [0.1, 0.15) is 31.7 Å². The summed E-state index contributed by atoms with van der Waals surface area (Å²) < 4.78 is 18.2. The van der Waals surface area contributed by atoms with Crippen molar-refractivity contribution in [2.24, 2.45) is 5.92 Å². The van der Waals surface area contributed by atoms with Gasteiger partial charge in [0.15, 0.2) is 0 Å². The number of carbonyl (C=O) groups excluding carboxylic acids is 3. The third-order valence-electron chi connectivity index (χ3n) is 3.67. The monoisotopic (exact) mass is 307 g/mol. The van der Waals surface area contributed by atoms with E-state index in [1.54, 1.807) is 13.8 Å². The summed E-state index contributed by atoms with van der Waals surface area (Å²) in [5, 5.41) is 0. The lowest BCUT2D eigenvalue weighted by Gasteiger charge is -2.33. The topological polar surface area (TPSA) is 63.7 Å². The molecule has 0 bridgehead atoms. The predicted octanol–water partition coefficient (Wildman–Crippen LogP) is 1.87. The second kappa shape index (κ2) is 6.25. The molecule has 1 heterocycles. The Hall–Kier alpha value is -2.24. The van der Waals surface area contributed by atoms with Gasteiger partial charge in [-0.3, -0.25) is 19.3 Å².